The summed E-state index contributed by atoms with van der Waals surface area (Å²) in [6.45, 7) is 0.623. The Kier molecular flexibility index (Phi) is 4.25. The molecule has 0 aromatic heterocycles. The molecule has 1 aromatic carbocycles. The van der Waals surface area contributed by atoms with Gasteiger partial charge in [-0.1, -0.05) is 17.7 Å². The van der Waals surface area contributed by atoms with Gasteiger partial charge < -0.3 is 4.74 Å². The van der Waals surface area contributed by atoms with Crippen molar-refractivity contribution in [2.75, 3.05) is 12.4 Å². The highest BCUT2D eigenvalue weighted by atomic mass is 35.5. The summed E-state index contributed by atoms with van der Waals surface area (Å²) in [6.07, 6.45) is 1.46. The second-order valence-electron chi connectivity index (χ2n) is 4.43. The summed E-state index contributed by atoms with van der Waals surface area (Å²) in [4.78, 5) is 0. The minimum Gasteiger partial charge on any atom is -0.377 e. The molecule has 3 nitrogen and oxygen atoms in total. The van der Waals surface area contributed by atoms with Crippen LogP contribution in [0.25, 0.3) is 0 Å². The van der Waals surface area contributed by atoms with E-state index in [0.717, 1.165) is 18.9 Å². The molecule has 1 heterocycles. The van der Waals surface area contributed by atoms with Crippen molar-refractivity contribution < 1.29 is 17.5 Å². The monoisotopic (exact) mass is 292 g/mol. The van der Waals surface area contributed by atoms with E-state index in [-0.39, 0.29) is 22.6 Å². The van der Waals surface area contributed by atoms with Gasteiger partial charge in [-0.05, 0) is 30.5 Å². The molecule has 0 saturated carbocycles. The van der Waals surface area contributed by atoms with Crippen LogP contribution in [-0.4, -0.2) is 26.9 Å². The van der Waals surface area contributed by atoms with E-state index in [4.69, 9.17) is 16.3 Å². The minimum atomic E-state index is -3.29. The van der Waals surface area contributed by atoms with E-state index in [1.807, 2.05) is 0 Å². The lowest BCUT2D eigenvalue weighted by atomic mass is 10.2. The van der Waals surface area contributed by atoms with E-state index < -0.39 is 15.7 Å². The third kappa shape index (κ3) is 3.67. The Hall–Kier alpha value is -0.650. The summed E-state index contributed by atoms with van der Waals surface area (Å²) in [5.74, 6) is -0.646. The third-order valence-electron chi connectivity index (χ3n) is 2.85. The zero-order valence-corrected chi connectivity index (χ0v) is 11.3. The highest BCUT2D eigenvalue weighted by molar-refractivity contribution is 7.90. The van der Waals surface area contributed by atoms with Crippen LogP contribution >= 0.6 is 11.6 Å². The number of sulfone groups is 1. The van der Waals surface area contributed by atoms with Crippen LogP contribution in [0.15, 0.2) is 18.2 Å². The van der Waals surface area contributed by atoms with E-state index in [1.54, 1.807) is 0 Å². The van der Waals surface area contributed by atoms with Gasteiger partial charge >= 0.3 is 0 Å². The van der Waals surface area contributed by atoms with Gasteiger partial charge in [-0.25, -0.2) is 12.8 Å². The molecule has 1 saturated heterocycles. The first kappa shape index (κ1) is 13.8. The normalized spacial score (nSPS) is 20.2. The maximum atomic E-state index is 12.9. The Bertz CT molecular complexity index is 524. The molecule has 1 unspecified atom stereocenters. The van der Waals surface area contributed by atoms with Crippen molar-refractivity contribution in [3.8, 4) is 0 Å². The Morgan fingerprint density at radius 3 is 2.83 bits per heavy atom. The molecule has 0 bridgehead atoms. The first-order valence-corrected chi connectivity index (χ1v) is 7.92. The van der Waals surface area contributed by atoms with Gasteiger partial charge in [-0.2, -0.15) is 0 Å². The molecular weight excluding hydrogens is 279 g/mol. The van der Waals surface area contributed by atoms with Crippen LogP contribution in [0.3, 0.4) is 0 Å². The lowest BCUT2D eigenvalue weighted by Gasteiger charge is -2.11. The largest absolute Gasteiger partial charge is 0.377 e. The van der Waals surface area contributed by atoms with Crippen LogP contribution in [0.5, 0.6) is 0 Å². The predicted molar refractivity (Wildman–Crippen MR) is 67.9 cm³/mol. The average molecular weight is 293 g/mol. The highest BCUT2D eigenvalue weighted by Crippen LogP contribution is 2.22. The summed E-state index contributed by atoms with van der Waals surface area (Å²) in [5.41, 5.74) is 0.427. The van der Waals surface area contributed by atoms with Crippen LogP contribution in [0.1, 0.15) is 18.4 Å². The number of benzene rings is 1. The van der Waals surface area contributed by atoms with Gasteiger partial charge in [-0.3, -0.25) is 0 Å². The van der Waals surface area contributed by atoms with Gasteiger partial charge in [0.1, 0.15) is 5.82 Å². The Morgan fingerprint density at radius 2 is 2.22 bits per heavy atom. The van der Waals surface area contributed by atoms with Crippen molar-refractivity contribution in [2.45, 2.75) is 24.7 Å². The van der Waals surface area contributed by atoms with Gasteiger partial charge in [0, 0.05) is 11.6 Å². The summed E-state index contributed by atoms with van der Waals surface area (Å²) in [6, 6.07) is 3.74. The summed E-state index contributed by atoms with van der Waals surface area (Å²) in [5, 5.41) is 0.144. The fraction of sp³-hybridized carbons (Fsp3) is 0.500. The van der Waals surface area contributed by atoms with Crippen LogP contribution in [0.2, 0.25) is 5.02 Å². The third-order valence-corrected chi connectivity index (χ3v) is 4.84. The van der Waals surface area contributed by atoms with Gasteiger partial charge in [-0.15, -0.1) is 0 Å². The molecular formula is C12H14ClFO3S. The molecule has 0 N–H and O–H groups in total. The molecule has 0 aliphatic carbocycles. The lowest BCUT2D eigenvalue weighted by molar-refractivity contribution is 0.127. The maximum Gasteiger partial charge on any atom is 0.157 e. The predicted octanol–water partition coefficient (Wildman–Crippen LogP) is 2.57. The molecule has 1 aromatic rings. The van der Waals surface area contributed by atoms with Gasteiger partial charge in [0.25, 0.3) is 0 Å². The zero-order valence-electron chi connectivity index (χ0n) is 9.73. The Labute approximate surface area is 111 Å². The molecule has 0 spiro atoms. The smallest absolute Gasteiger partial charge is 0.157 e. The Morgan fingerprint density at radius 1 is 1.44 bits per heavy atom. The molecule has 100 valence electrons. The molecule has 1 fully saturated rings. The Balaban J connectivity index is 2.07. The number of halogens is 2. The fourth-order valence-electron chi connectivity index (χ4n) is 1.99. The number of hydrogen-bond donors (Lipinski definition) is 0. The van der Waals surface area contributed by atoms with Crippen molar-refractivity contribution >= 4 is 21.4 Å². The van der Waals surface area contributed by atoms with Crippen molar-refractivity contribution in [1.82, 2.24) is 0 Å². The fourth-order valence-corrected chi connectivity index (χ4v) is 3.98. The van der Waals surface area contributed by atoms with Crippen LogP contribution in [0.4, 0.5) is 4.39 Å². The van der Waals surface area contributed by atoms with E-state index in [0.29, 0.717) is 12.2 Å². The molecule has 0 radical (unpaired) electrons. The van der Waals surface area contributed by atoms with E-state index in [2.05, 4.69) is 0 Å². The van der Waals surface area contributed by atoms with Gasteiger partial charge in [0.05, 0.1) is 17.6 Å². The quantitative estimate of drug-likeness (QED) is 0.857. The molecule has 6 heteroatoms. The number of ether oxygens (including phenoxy) is 1. The van der Waals surface area contributed by atoms with Crippen LogP contribution < -0.4 is 0 Å². The van der Waals surface area contributed by atoms with Crippen molar-refractivity contribution in [1.29, 1.82) is 0 Å². The van der Waals surface area contributed by atoms with Crippen molar-refractivity contribution in [3.63, 3.8) is 0 Å². The first-order valence-electron chi connectivity index (χ1n) is 5.72. The number of rotatable bonds is 4. The van der Waals surface area contributed by atoms with E-state index in [1.165, 1.54) is 12.1 Å². The minimum absolute atomic E-state index is 0.000700. The second kappa shape index (κ2) is 5.55. The molecule has 0 amide bonds. The van der Waals surface area contributed by atoms with Crippen molar-refractivity contribution in [3.05, 3.63) is 34.6 Å². The van der Waals surface area contributed by atoms with Gasteiger partial charge in [0.15, 0.2) is 9.84 Å². The van der Waals surface area contributed by atoms with Crippen LogP contribution in [-0.2, 0) is 20.3 Å². The lowest BCUT2D eigenvalue weighted by Crippen LogP contribution is -2.21. The summed E-state index contributed by atoms with van der Waals surface area (Å²) < 4.78 is 42.1. The molecule has 1 atom stereocenters. The summed E-state index contributed by atoms with van der Waals surface area (Å²) in [7, 11) is -3.29. The first-order chi connectivity index (χ1) is 8.46. The molecule has 1 aliphatic rings. The molecule has 18 heavy (non-hydrogen) atoms. The van der Waals surface area contributed by atoms with E-state index in [9.17, 15) is 12.8 Å². The zero-order chi connectivity index (χ0) is 13.2. The topological polar surface area (TPSA) is 43.4 Å². The average Bonchev–Trinajstić information content (AvgIpc) is 2.74. The second-order valence-corrected chi connectivity index (χ2v) is 6.94. The SMILES string of the molecule is O=S(=O)(Cc1ccc(F)cc1Cl)CC1CCCO1. The standard InChI is InChI=1S/C12H14ClFO3S/c13-12-6-10(14)4-3-9(12)7-18(15,16)8-11-2-1-5-17-11/h3-4,6,11H,1-2,5,7-8H2. The molecule has 1 aliphatic heterocycles. The summed E-state index contributed by atoms with van der Waals surface area (Å²) >= 11 is 5.82. The van der Waals surface area contributed by atoms with Gasteiger partial charge in [0.2, 0.25) is 0 Å². The van der Waals surface area contributed by atoms with Crippen LogP contribution in [0, 0.1) is 5.82 Å². The maximum absolute atomic E-state index is 12.9. The number of hydrogen-bond acceptors (Lipinski definition) is 3. The highest BCUT2D eigenvalue weighted by Gasteiger charge is 2.24. The van der Waals surface area contributed by atoms with Crippen molar-refractivity contribution in [2.24, 2.45) is 0 Å². The molecule has 2 rings (SSSR count). The van der Waals surface area contributed by atoms with E-state index >= 15 is 0 Å².